The van der Waals surface area contributed by atoms with Crippen molar-refractivity contribution in [3.05, 3.63) is 53.6 Å². The Morgan fingerprint density at radius 1 is 1.14 bits per heavy atom. The van der Waals surface area contributed by atoms with Crippen molar-refractivity contribution in [1.82, 2.24) is 25.5 Å². The number of nitrogens with one attached hydrogen (secondary N) is 4. The van der Waals surface area contributed by atoms with E-state index in [1.807, 2.05) is 5.32 Å². The van der Waals surface area contributed by atoms with Gasteiger partial charge < -0.3 is 15.7 Å². The van der Waals surface area contributed by atoms with Crippen molar-refractivity contribution in [2.75, 3.05) is 23.8 Å². The van der Waals surface area contributed by atoms with E-state index in [2.05, 4.69) is 30.8 Å². The number of rotatable bonds is 6. The highest BCUT2D eigenvalue weighted by Crippen LogP contribution is 2.33. The number of anilines is 2. The van der Waals surface area contributed by atoms with E-state index < -0.39 is 35.2 Å². The number of urea groups is 1. The molecule has 10 nitrogen and oxygen atoms in total. The van der Waals surface area contributed by atoms with Crippen LogP contribution >= 0.6 is 11.3 Å². The molecule has 5 N–H and O–H groups in total. The van der Waals surface area contributed by atoms with Crippen LogP contribution in [0.2, 0.25) is 0 Å². The Morgan fingerprint density at radius 3 is 2.69 bits per heavy atom. The molecule has 0 atom stereocenters. The summed E-state index contributed by atoms with van der Waals surface area (Å²) in [7, 11) is 0. The van der Waals surface area contributed by atoms with Crippen LogP contribution in [0.25, 0.3) is 21.6 Å². The molecule has 0 fully saturated rings. The number of amides is 3. The van der Waals surface area contributed by atoms with Gasteiger partial charge in [0.2, 0.25) is 0 Å². The maximum Gasteiger partial charge on any atom is 0.416 e. The number of hydrogen-bond acceptors (Lipinski definition) is 7. The van der Waals surface area contributed by atoms with Gasteiger partial charge in [-0.2, -0.15) is 18.3 Å². The van der Waals surface area contributed by atoms with Crippen LogP contribution < -0.4 is 16.0 Å². The van der Waals surface area contributed by atoms with E-state index in [9.17, 15) is 27.2 Å². The zero-order valence-corrected chi connectivity index (χ0v) is 18.2. The molecule has 3 heterocycles. The molecule has 0 spiro atoms. The number of carbonyl (C=O) groups is 2. The van der Waals surface area contributed by atoms with Crippen LogP contribution in [-0.2, 0) is 6.18 Å². The zero-order valence-electron chi connectivity index (χ0n) is 17.4. The lowest BCUT2D eigenvalue weighted by Crippen LogP contribution is -2.26. The highest BCUT2D eigenvalue weighted by Gasteiger charge is 2.31. The second-order valence-corrected chi connectivity index (χ2v) is 8.00. The summed E-state index contributed by atoms with van der Waals surface area (Å²) in [4.78, 5) is 33.5. The second kappa shape index (κ2) is 9.63. The van der Waals surface area contributed by atoms with Crippen molar-refractivity contribution in [1.29, 1.82) is 0 Å². The Kier molecular flexibility index (Phi) is 6.61. The monoisotopic (exact) mass is 509 g/mol. The van der Waals surface area contributed by atoms with Gasteiger partial charge >= 0.3 is 12.2 Å². The number of halogens is 4. The third-order valence-corrected chi connectivity index (χ3v) is 5.52. The van der Waals surface area contributed by atoms with E-state index >= 15 is 0 Å². The summed E-state index contributed by atoms with van der Waals surface area (Å²) >= 11 is 0.961. The molecule has 3 amide bonds. The number of alkyl halides is 3. The first-order valence-corrected chi connectivity index (χ1v) is 10.6. The number of benzene rings is 1. The summed E-state index contributed by atoms with van der Waals surface area (Å²) in [5.74, 6) is -1.50. The molecule has 0 bridgehead atoms. The molecule has 0 saturated carbocycles. The molecule has 1 aromatic carbocycles. The fraction of sp³-hybridized carbons (Fsp3) is 0.150. The number of thiazole rings is 1. The first-order chi connectivity index (χ1) is 16.7. The second-order valence-electron chi connectivity index (χ2n) is 6.97. The SMILES string of the molecule is O=C(Nc1ncc(-c2cc(C(=O)NCCO)c3cn[nH]c3n2)s1)Nc1cc(C(F)(F)F)ccc1F. The summed E-state index contributed by atoms with van der Waals surface area (Å²) < 4.78 is 52.4. The van der Waals surface area contributed by atoms with Crippen molar-refractivity contribution in [2.24, 2.45) is 0 Å². The van der Waals surface area contributed by atoms with Gasteiger partial charge in [-0.05, 0) is 24.3 Å². The lowest BCUT2D eigenvalue weighted by Gasteiger charge is -2.11. The van der Waals surface area contributed by atoms with Gasteiger partial charge in [0.05, 0.1) is 45.6 Å². The minimum Gasteiger partial charge on any atom is -0.395 e. The third kappa shape index (κ3) is 5.36. The average molecular weight is 509 g/mol. The molecule has 4 rings (SSSR count). The fourth-order valence-corrected chi connectivity index (χ4v) is 3.78. The molecule has 0 aliphatic heterocycles. The van der Waals surface area contributed by atoms with Crippen LogP contribution in [0.4, 0.5) is 33.2 Å². The number of aliphatic hydroxyl groups is 1. The van der Waals surface area contributed by atoms with E-state index in [0.29, 0.717) is 39.8 Å². The van der Waals surface area contributed by atoms with Crippen molar-refractivity contribution in [3.8, 4) is 10.6 Å². The molecule has 0 aliphatic rings. The molecular formula is C20H15F4N7O3S. The molecule has 0 unspecified atom stereocenters. The minimum absolute atomic E-state index is 0.0441. The van der Waals surface area contributed by atoms with Crippen LogP contribution in [-0.4, -0.2) is 50.4 Å². The topological polar surface area (TPSA) is 145 Å². The normalized spacial score (nSPS) is 11.5. The first-order valence-electron chi connectivity index (χ1n) is 9.80. The lowest BCUT2D eigenvalue weighted by atomic mass is 10.1. The molecule has 15 heteroatoms. The summed E-state index contributed by atoms with van der Waals surface area (Å²) in [6.07, 6.45) is -1.91. The summed E-state index contributed by atoms with van der Waals surface area (Å²) in [6, 6.07) is 2.12. The first kappa shape index (κ1) is 24.0. The lowest BCUT2D eigenvalue weighted by molar-refractivity contribution is -0.137. The number of pyridine rings is 1. The predicted octanol–water partition coefficient (Wildman–Crippen LogP) is 3.61. The van der Waals surface area contributed by atoms with Crippen molar-refractivity contribution in [3.63, 3.8) is 0 Å². The number of H-pyrrole nitrogens is 1. The largest absolute Gasteiger partial charge is 0.416 e. The molecule has 182 valence electrons. The van der Waals surface area contributed by atoms with E-state index in [0.717, 1.165) is 11.3 Å². The van der Waals surface area contributed by atoms with Crippen LogP contribution in [0.1, 0.15) is 15.9 Å². The Balaban J connectivity index is 1.53. The molecule has 0 aliphatic carbocycles. The maximum absolute atomic E-state index is 13.9. The Hall–Kier alpha value is -4.11. The number of carbonyl (C=O) groups excluding carboxylic acids is 2. The Bertz CT molecular complexity index is 1400. The molecule has 35 heavy (non-hydrogen) atoms. The molecule has 0 radical (unpaired) electrons. The van der Waals surface area contributed by atoms with Gasteiger partial charge in [0.1, 0.15) is 5.82 Å². The number of aromatic nitrogens is 4. The standard InChI is InChI=1S/C20H15F4N7O3S/c21-12-2-1-9(20(22,23)24)5-13(12)29-18(34)30-19-26-8-15(35-19)14-6-10(17(33)25-3-4-32)11-7-27-31-16(11)28-14/h1-2,5-8,32H,3-4H2,(H,25,33)(H,27,28,31)(H2,26,29,30,34). The summed E-state index contributed by atoms with van der Waals surface area (Å²) in [5.41, 5.74) is -0.889. The minimum atomic E-state index is -4.71. The average Bonchev–Trinajstić information content (AvgIpc) is 3.47. The number of aromatic amines is 1. The number of hydrogen-bond donors (Lipinski definition) is 5. The van der Waals surface area contributed by atoms with Crippen molar-refractivity contribution in [2.45, 2.75) is 6.18 Å². The van der Waals surface area contributed by atoms with E-state index in [-0.39, 0.29) is 23.8 Å². The fourth-order valence-electron chi connectivity index (χ4n) is 3.01. The van der Waals surface area contributed by atoms with E-state index in [1.165, 1.54) is 18.5 Å². The van der Waals surface area contributed by atoms with Gasteiger partial charge in [-0.3, -0.25) is 15.2 Å². The number of aliphatic hydroxyl groups excluding tert-OH is 1. The van der Waals surface area contributed by atoms with E-state index in [4.69, 9.17) is 5.11 Å². The van der Waals surface area contributed by atoms with Gasteiger partial charge in [-0.25, -0.2) is 19.2 Å². The summed E-state index contributed by atoms with van der Waals surface area (Å²) in [6.45, 7) is -0.194. The molecule has 3 aromatic heterocycles. The Labute approximate surface area is 197 Å². The molecule has 0 saturated heterocycles. The van der Waals surface area contributed by atoms with Crippen molar-refractivity contribution >= 4 is 45.1 Å². The summed E-state index contributed by atoms with van der Waals surface area (Å²) in [5, 5.41) is 22.9. The third-order valence-electron chi connectivity index (χ3n) is 4.59. The van der Waals surface area contributed by atoms with Crippen LogP contribution in [0.15, 0.2) is 36.7 Å². The van der Waals surface area contributed by atoms with Crippen LogP contribution in [0.3, 0.4) is 0 Å². The van der Waals surface area contributed by atoms with Crippen LogP contribution in [0.5, 0.6) is 0 Å². The van der Waals surface area contributed by atoms with E-state index in [1.54, 1.807) is 0 Å². The van der Waals surface area contributed by atoms with Gasteiger partial charge in [-0.15, -0.1) is 0 Å². The zero-order chi connectivity index (χ0) is 25.2. The van der Waals surface area contributed by atoms with Gasteiger partial charge in [0.15, 0.2) is 10.8 Å². The highest BCUT2D eigenvalue weighted by molar-refractivity contribution is 7.19. The quantitative estimate of drug-likeness (QED) is 0.251. The number of nitrogens with zero attached hydrogens (tertiary/aromatic N) is 3. The maximum atomic E-state index is 13.9. The molecule has 4 aromatic rings. The number of fused-ring (bicyclic) bond motifs is 1. The van der Waals surface area contributed by atoms with Crippen LogP contribution in [0, 0.1) is 5.82 Å². The predicted molar refractivity (Wildman–Crippen MR) is 118 cm³/mol. The molecular weight excluding hydrogens is 494 g/mol. The smallest absolute Gasteiger partial charge is 0.395 e. The van der Waals surface area contributed by atoms with Crippen molar-refractivity contribution < 1.29 is 32.3 Å². The van der Waals surface area contributed by atoms with Gasteiger partial charge in [0.25, 0.3) is 5.91 Å². The Morgan fingerprint density at radius 2 is 1.94 bits per heavy atom. The van der Waals surface area contributed by atoms with Gasteiger partial charge in [-0.1, -0.05) is 11.3 Å². The highest BCUT2D eigenvalue weighted by atomic mass is 32.1. The van der Waals surface area contributed by atoms with Gasteiger partial charge in [0, 0.05) is 12.7 Å².